The number of amides is 2. The zero-order valence-electron chi connectivity index (χ0n) is 63.0. The van der Waals surface area contributed by atoms with E-state index in [0.717, 1.165) is 174 Å². The third-order valence-electron chi connectivity index (χ3n) is 19.2. The summed E-state index contributed by atoms with van der Waals surface area (Å²) in [4.78, 5) is 49.4. The first kappa shape index (κ1) is 73.8. The van der Waals surface area contributed by atoms with Gasteiger partial charge in [-0.15, -0.1) is 0 Å². The normalized spacial score (nSPS) is 15.8. The Morgan fingerprint density at radius 2 is 1.03 bits per heavy atom. The van der Waals surface area contributed by atoms with E-state index in [1.165, 1.54) is 0 Å². The molecule has 7 aromatic carbocycles. The number of nitrogens with one attached hydrogen (secondary N) is 3. The van der Waals surface area contributed by atoms with Gasteiger partial charge in [0.1, 0.15) is 58.1 Å². The molecule has 5 N–H and O–H groups in total. The van der Waals surface area contributed by atoms with Crippen LogP contribution in [0.5, 0.6) is 46.1 Å². The van der Waals surface area contributed by atoms with E-state index < -0.39 is 41.7 Å². The Morgan fingerprint density at radius 1 is 0.557 bits per heavy atom. The SMILES string of the molecule is COc1ccc(COc2cc(N3CCOCC3)cc(-c3cc(C)cc4c3Oc3ccc(NC(=O)OC(C)(C)C)cc3C4)n2)cc1.Cc1cc2c(c(-c3cc(N4CCOCC4)cc(=O)[nH]3)c1)Oc1ccc(N)cc1C2.Cc1cc2c(c(B3OC(C)(C)C(C)(C)O3)c1)Oc1ccc(NC(=O)OC(C)(C)C)cc1C2. The second kappa shape index (κ2) is 30.2. The van der Waals surface area contributed by atoms with E-state index in [1.807, 2.05) is 160 Å². The Morgan fingerprint density at radius 3 is 1.56 bits per heavy atom. The van der Waals surface area contributed by atoms with Gasteiger partial charge in [0.2, 0.25) is 11.4 Å². The van der Waals surface area contributed by atoms with Gasteiger partial charge in [0, 0.05) is 130 Å². The van der Waals surface area contributed by atoms with Gasteiger partial charge in [0.25, 0.3) is 0 Å². The molecule has 6 aliphatic heterocycles. The number of anilines is 5. The number of morpholine rings is 2. The van der Waals surface area contributed by atoms with Gasteiger partial charge in [0.05, 0.1) is 56.1 Å². The molecule has 0 aliphatic carbocycles. The van der Waals surface area contributed by atoms with E-state index in [2.05, 4.69) is 88.7 Å². The molecular formula is C84H94BN7O14. The van der Waals surface area contributed by atoms with Gasteiger partial charge < -0.3 is 72.5 Å². The summed E-state index contributed by atoms with van der Waals surface area (Å²) in [6.45, 7) is 31.6. The Bertz CT molecular complexity index is 4840. The summed E-state index contributed by atoms with van der Waals surface area (Å²) in [6, 6.07) is 45.2. The van der Waals surface area contributed by atoms with Crippen LogP contribution in [0.4, 0.5) is 38.0 Å². The molecule has 2 aromatic heterocycles. The first-order valence-electron chi connectivity index (χ1n) is 36.1. The Kier molecular flexibility index (Phi) is 21.0. The number of hydrogen-bond donors (Lipinski definition) is 4. The number of hydrogen-bond acceptors (Lipinski definition) is 18. The number of ether oxygens (including phenoxy) is 9. The smallest absolute Gasteiger partial charge is 0.497 e. The molecular weight excluding hydrogens is 1340 g/mol. The maximum Gasteiger partial charge on any atom is 0.498 e. The third kappa shape index (κ3) is 17.4. The van der Waals surface area contributed by atoms with Crippen LogP contribution in [0.3, 0.4) is 0 Å². The number of fused-ring (bicyclic) bond motifs is 6. The standard InChI is InChI=1S/C36H39N3O6.C25H32BNO5.C23H23N3O3/c1-23-16-26-18-25-19-27(37-35(40)45-36(2,3)4)8-11-32(25)44-34(26)30(17-23)31-20-28(39-12-14-42-15-13-39)21-33(38-31)43-22-24-6-9-29(41-5)10-7-24;1-15-11-17-13-16-14-18(27-22(28)30-23(2,3)4)9-10-20(16)29-21(17)19(12-15)26-31-24(5,6)25(7,8)32-26;1-14-8-16-10-15-11-17(24)2-3-21(15)29-23(16)19(9-14)20-12-18(13-22(27)25-20)26-4-6-28-7-5-26/h6-11,16-17,19-21H,12-15,18,22H2,1-5H3,(H,37,40);9-12,14H,13H2,1-8H3,(H,27,28);2-3,8-9,11-13H,4-7,10,24H2,1H3,(H,25,27). The minimum Gasteiger partial charge on any atom is -0.497 e. The van der Waals surface area contributed by atoms with Crippen molar-refractivity contribution in [2.75, 3.05) is 85.9 Å². The van der Waals surface area contributed by atoms with Gasteiger partial charge in [-0.2, -0.15) is 0 Å². The van der Waals surface area contributed by atoms with Gasteiger partial charge in [-0.05, 0) is 203 Å². The summed E-state index contributed by atoms with van der Waals surface area (Å²) < 4.78 is 65.2. The molecule has 2 amide bonds. The number of carbonyl (C=O) groups is 2. The van der Waals surface area contributed by atoms with Crippen LogP contribution in [0.15, 0.2) is 144 Å². The average Bonchev–Trinajstić information content (AvgIpc) is 1.52. The molecule has 3 saturated heterocycles. The van der Waals surface area contributed by atoms with Crippen molar-refractivity contribution in [3.63, 3.8) is 0 Å². The van der Waals surface area contributed by atoms with E-state index in [9.17, 15) is 14.4 Å². The maximum atomic E-state index is 12.4. The fraction of sp³-hybridized carbons (Fsp3) is 0.357. The van der Waals surface area contributed by atoms with Crippen molar-refractivity contribution >= 4 is 53.2 Å². The van der Waals surface area contributed by atoms with Crippen LogP contribution >= 0.6 is 0 Å². The Balaban J connectivity index is 0.000000145. The molecule has 0 unspecified atom stereocenters. The first-order chi connectivity index (χ1) is 50.4. The van der Waals surface area contributed by atoms with E-state index in [0.29, 0.717) is 63.1 Å². The monoisotopic (exact) mass is 1440 g/mol. The molecule has 0 saturated carbocycles. The number of benzene rings is 7. The number of carbonyl (C=O) groups excluding carboxylic acids is 2. The fourth-order valence-corrected chi connectivity index (χ4v) is 13.5. The molecule has 0 spiro atoms. The molecule has 6 aliphatic rings. The number of aromatic amines is 1. The fourth-order valence-electron chi connectivity index (χ4n) is 13.5. The number of pyridine rings is 2. The number of aryl methyl sites for hydroxylation is 3. The van der Waals surface area contributed by atoms with Crippen molar-refractivity contribution in [3.05, 3.63) is 206 Å². The molecule has 22 heteroatoms. The summed E-state index contributed by atoms with van der Waals surface area (Å²) in [5, 5.41) is 5.64. The zero-order valence-corrected chi connectivity index (χ0v) is 63.0. The number of rotatable bonds is 11. The second-order valence-electron chi connectivity index (χ2n) is 30.6. The molecule has 8 heterocycles. The average molecular weight is 1440 g/mol. The highest BCUT2D eigenvalue weighted by Gasteiger charge is 2.53. The summed E-state index contributed by atoms with van der Waals surface area (Å²) >= 11 is 0. The van der Waals surface area contributed by atoms with Crippen molar-refractivity contribution < 1.29 is 61.5 Å². The maximum absolute atomic E-state index is 12.4. The van der Waals surface area contributed by atoms with Gasteiger partial charge in [-0.1, -0.05) is 42.0 Å². The zero-order chi connectivity index (χ0) is 75.0. The summed E-state index contributed by atoms with van der Waals surface area (Å²) in [7, 11) is 1.16. The molecule has 15 rings (SSSR count). The van der Waals surface area contributed by atoms with Crippen molar-refractivity contribution in [1.29, 1.82) is 0 Å². The van der Waals surface area contributed by atoms with Gasteiger partial charge >= 0.3 is 19.3 Å². The summed E-state index contributed by atoms with van der Waals surface area (Å²) in [5.74, 6) is 6.00. The quantitative estimate of drug-likeness (QED) is 0.0695. The van der Waals surface area contributed by atoms with Crippen molar-refractivity contribution in [2.45, 2.75) is 138 Å². The highest BCUT2D eigenvalue weighted by atomic mass is 16.7. The summed E-state index contributed by atoms with van der Waals surface area (Å²) in [6.07, 6.45) is 1.11. The predicted octanol–water partition coefficient (Wildman–Crippen LogP) is 16.3. The molecule has 9 aromatic rings. The lowest BCUT2D eigenvalue weighted by atomic mass is 9.75. The third-order valence-corrected chi connectivity index (χ3v) is 19.2. The van der Waals surface area contributed by atoms with Crippen LogP contribution in [0.2, 0.25) is 0 Å². The molecule has 0 radical (unpaired) electrons. The van der Waals surface area contributed by atoms with Crippen LogP contribution in [0.1, 0.15) is 125 Å². The summed E-state index contributed by atoms with van der Waals surface area (Å²) in [5.41, 5.74) is 22.7. The van der Waals surface area contributed by atoms with E-state index in [4.69, 9.17) is 62.7 Å². The Hall–Kier alpha value is -10.5. The van der Waals surface area contributed by atoms with Crippen molar-refractivity contribution in [2.24, 2.45) is 0 Å². The molecule has 0 bridgehead atoms. The van der Waals surface area contributed by atoms with E-state index in [1.54, 1.807) is 13.2 Å². The Labute approximate surface area is 620 Å². The van der Waals surface area contributed by atoms with Gasteiger partial charge in [0.15, 0.2) is 0 Å². The van der Waals surface area contributed by atoms with Crippen LogP contribution in [-0.4, -0.2) is 111 Å². The number of H-pyrrole nitrogens is 1. The van der Waals surface area contributed by atoms with Crippen LogP contribution < -0.4 is 60.9 Å². The lowest BCUT2D eigenvalue weighted by molar-refractivity contribution is 0.00578. The molecule has 0 atom stereocenters. The molecule has 21 nitrogen and oxygen atoms in total. The lowest BCUT2D eigenvalue weighted by Crippen LogP contribution is -2.41. The van der Waals surface area contributed by atoms with E-state index in [-0.39, 0.29) is 5.56 Å². The highest BCUT2D eigenvalue weighted by Crippen LogP contribution is 2.48. The number of nitrogen functional groups attached to an aromatic ring is 1. The number of methoxy groups -OCH3 is 1. The first-order valence-corrected chi connectivity index (χ1v) is 36.1. The number of aromatic nitrogens is 2. The number of nitrogens with zero attached hydrogens (tertiary/aromatic N) is 3. The predicted molar refractivity (Wildman–Crippen MR) is 414 cm³/mol. The minimum atomic E-state index is -0.581. The molecule has 106 heavy (non-hydrogen) atoms. The molecule has 3 fully saturated rings. The van der Waals surface area contributed by atoms with E-state index >= 15 is 0 Å². The minimum absolute atomic E-state index is 0.122. The van der Waals surface area contributed by atoms with Crippen molar-refractivity contribution in [3.8, 4) is 68.6 Å². The second-order valence-corrected chi connectivity index (χ2v) is 30.6. The van der Waals surface area contributed by atoms with Crippen LogP contribution in [0, 0.1) is 20.8 Å². The van der Waals surface area contributed by atoms with Crippen LogP contribution in [0.25, 0.3) is 22.5 Å². The lowest BCUT2D eigenvalue weighted by Gasteiger charge is -2.32. The van der Waals surface area contributed by atoms with Crippen LogP contribution in [-0.2, 0) is 54.1 Å². The van der Waals surface area contributed by atoms with Crippen molar-refractivity contribution in [1.82, 2.24) is 9.97 Å². The number of nitrogens with two attached hydrogens (primary N) is 1. The highest BCUT2D eigenvalue weighted by molar-refractivity contribution is 6.63. The molecule has 552 valence electrons. The topological polar surface area (TPSA) is 238 Å². The van der Waals surface area contributed by atoms with Gasteiger partial charge in [-0.3, -0.25) is 15.4 Å². The van der Waals surface area contributed by atoms with Gasteiger partial charge in [-0.25, -0.2) is 14.6 Å². The largest absolute Gasteiger partial charge is 0.498 e.